The maximum absolute atomic E-state index is 13.6. The van der Waals surface area contributed by atoms with E-state index in [1.807, 2.05) is 51.1 Å². The zero-order valence-corrected chi connectivity index (χ0v) is 21.3. The fraction of sp³-hybridized carbons (Fsp3) is 0.276. The normalized spacial score (nSPS) is 11.5. The Bertz CT molecular complexity index is 1490. The molecule has 0 bridgehead atoms. The quantitative estimate of drug-likeness (QED) is 0.315. The second-order valence-corrected chi connectivity index (χ2v) is 8.77. The van der Waals surface area contributed by atoms with Gasteiger partial charge in [0, 0.05) is 5.56 Å². The first kappa shape index (κ1) is 25.0. The topological polar surface area (TPSA) is 85.9 Å². The lowest BCUT2D eigenvalue weighted by Gasteiger charge is -2.18. The molecule has 0 saturated heterocycles. The number of benzene rings is 3. The third-order valence-corrected chi connectivity index (χ3v) is 5.88. The average molecular weight is 486 g/mol. The Balaban J connectivity index is 1.94. The number of rotatable bonds is 8. The van der Waals surface area contributed by atoms with Crippen molar-refractivity contribution in [3.05, 3.63) is 81.6 Å². The summed E-state index contributed by atoms with van der Waals surface area (Å²) in [5.74, 6) is 1.89. The van der Waals surface area contributed by atoms with Crippen LogP contribution in [0.3, 0.4) is 0 Å². The summed E-state index contributed by atoms with van der Waals surface area (Å²) >= 11 is 0. The molecule has 0 atom stereocenters. The molecule has 186 valence electrons. The van der Waals surface area contributed by atoms with Crippen LogP contribution < -0.4 is 15.0 Å². The second kappa shape index (κ2) is 10.6. The van der Waals surface area contributed by atoms with E-state index in [9.17, 15) is 9.90 Å². The molecule has 1 N–H and O–H groups in total. The van der Waals surface area contributed by atoms with E-state index < -0.39 is 0 Å². The van der Waals surface area contributed by atoms with E-state index in [1.165, 1.54) is 4.68 Å². The minimum Gasteiger partial charge on any atom is -0.504 e. The highest BCUT2D eigenvalue weighted by molar-refractivity contribution is 5.83. The molecule has 0 aliphatic rings. The predicted molar refractivity (Wildman–Crippen MR) is 144 cm³/mol. The lowest BCUT2D eigenvalue weighted by molar-refractivity contribution is 0.318. The van der Waals surface area contributed by atoms with Gasteiger partial charge < -0.3 is 14.6 Å². The van der Waals surface area contributed by atoms with Gasteiger partial charge in [0.25, 0.3) is 5.56 Å². The molecule has 4 aromatic rings. The number of phenols is 1. The van der Waals surface area contributed by atoms with Gasteiger partial charge in [0.2, 0.25) is 0 Å². The van der Waals surface area contributed by atoms with Gasteiger partial charge in [-0.3, -0.25) is 4.79 Å². The number of phenolic OH excluding ortho intramolecular Hbond substituents is 1. The summed E-state index contributed by atoms with van der Waals surface area (Å²) in [6, 6.07) is 16.2. The van der Waals surface area contributed by atoms with Crippen molar-refractivity contribution in [1.29, 1.82) is 0 Å². The Morgan fingerprint density at radius 2 is 1.75 bits per heavy atom. The standard InChI is InChI=1S/C29H31N3O4/c1-6-35-26-14-19(5)23(16-22(26)18(3)4)28-31-24-11-9-8-10-21(24)29(34)32(28)30-17-20-12-13-25(33)27(15-20)36-7-2/h8-18,33H,6-7H2,1-5H3. The molecular formula is C29H31N3O4. The van der Waals surface area contributed by atoms with Crippen molar-refractivity contribution < 1.29 is 14.6 Å². The largest absolute Gasteiger partial charge is 0.504 e. The zero-order valence-electron chi connectivity index (χ0n) is 21.3. The Morgan fingerprint density at radius 1 is 1.03 bits per heavy atom. The molecule has 3 aromatic carbocycles. The fourth-order valence-electron chi connectivity index (χ4n) is 4.08. The van der Waals surface area contributed by atoms with Crippen LogP contribution in [0.15, 0.2) is 64.5 Å². The summed E-state index contributed by atoms with van der Waals surface area (Å²) in [5, 5.41) is 15.1. The van der Waals surface area contributed by atoms with Gasteiger partial charge in [-0.1, -0.05) is 26.0 Å². The summed E-state index contributed by atoms with van der Waals surface area (Å²) < 4.78 is 12.7. The Hall–Kier alpha value is -4.13. The first-order chi connectivity index (χ1) is 17.3. The first-order valence-corrected chi connectivity index (χ1v) is 12.1. The van der Waals surface area contributed by atoms with E-state index in [-0.39, 0.29) is 17.2 Å². The maximum Gasteiger partial charge on any atom is 0.282 e. The van der Waals surface area contributed by atoms with Gasteiger partial charge in [-0.2, -0.15) is 9.78 Å². The number of para-hydroxylation sites is 1. The summed E-state index contributed by atoms with van der Waals surface area (Å²) in [5.41, 5.74) is 3.78. The Morgan fingerprint density at radius 3 is 2.47 bits per heavy atom. The van der Waals surface area contributed by atoms with E-state index >= 15 is 0 Å². The monoisotopic (exact) mass is 485 g/mol. The van der Waals surface area contributed by atoms with Crippen LogP contribution in [0.5, 0.6) is 17.2 Å². The lowest BCUT2D eigenvalue weighted by atomic mass is 9.96. The molecule has 7 nitrogen and oxygen atoms in total. The number of aryl methyl sites for hydroxylation is 1. The SMILES string of the molecule is CCOc1cc(C=Nn2c(-c3cc(C(C)C)c(OCC)cc3C)nc3ccccc3c2=O)ccc1O. The van der Waals surface area contributed by atoms with Gasteiger partial charge in [-0.15, -0.1) is 0 Å². The molecule has 0 aliphatic heterocycles. The molecule has 0 aliphatic carbocycles. The third kappa shape index (κ3) is 4.96. The van der Waals surface area contributed by atoms with Crippen LogP contribution in [0, 0.1) is 6.92 Å². The molecule has 1 aromatic heterocycles. The minimum absolute atomic E-state index is 0.0467. The summed E-state index contributed by atoms with van der Waals surface area (Å²) in [4.78, 5) is 18.4. The molecule has 0 saturated carbocycles. The van der Waals surface area contributed by atoms with Crippen molar-refractivity contribution in [1.82, 2.24) is 9.66 Å². The lowest BCUT2D eigenvalue weighted by Crippen LogP contribution is -2.20. The Kier molecular flexibility index (Phi) is 7.38. The highest BCUT2D eigenvalue weighted by atomic mass is 16.5. The molecule has 0 amide bonds. The molecule has 7 heteroatoms. The van der Waals surface area contributed by atoms with Crippen molar-refractivity contribution in [2.24, 2.45) is 5.10 Å². The van der Waals surface area contributed by atoms with E-state index in [0.717, 1.165) is 22.4 Å². The summed E-state index contributed by atoms with van der Waals surface area (Å²) in [6.07, 6.45) is 1.57. The summed E-state index contributed by atoms with van der Waals surface area (Å²) in [7, 11) is 0. The first-order valence-electron chi connectivity index (χ1n) is 12.1. The minimum atomic E-state index is -0.268. The number of ether oxygens (including phenoxy) is 2. The van der Waals surface area contributed by atoms with Crippen LogP contribution in [0.25, 0.3) is 22.3 Å². The average Bonchev–Trinajstić information content (AvgIpc) is 2.85. The van der Waals surface area contributed by atoms with Crippen molar-refractivity contribution in [2.75, 3.05) is 13.2 Å². The van der Waals surface area contributed by atoms with Crippen molar-refractivity contribution in [2.45, 2.75) is 40.5 Å². The van der Waals surface area contributed by atoms with Crippen LogP contribution in [0.4, 0.5) is 0 Å². The molecule has 36 heavy (non-hydrogen) atoms. The number of nitrogens with zero attached hydrogens (tertiary/aromatic N) is 3. The van der Waals surface area contributed by atoms with Crippen molar-refractivity contribution >= 4 is 17.1 Å². The van der Waals surface area contributed by atoms with Crippen LogP contribution in [-0.4, -0.2) is 34.2 Å². The number of hydrogen-bond acceptors (Lipinski definition) is 6. The summed E-state index contributed by atoms with van der Waals surface area (Å²) in [6.45, 7) is 11.0. The van der Waals surface area contributed by atoms with Crippen LogP contribution >= 0.6 is 0 Å². The highest BCUT2D eigenvalue weighted by Gasteiger charge is 2.18. The van der Waals surface area contributed by atoms with Gasteiger partial charge >= 0.3 is 0 Å². The molecule has 0 fully saturated rings. The molecule has 4 rings (SSSR count). The van der Waals surface area contributed by atoms with Gasteiger partial charge in [0.1, 0.15) is 5.75 Å². The molecule has 0 unspecified atom stereocenters. The molecule has 0 radical (unpaired) electrons. The number of fused-ring (bicyclic) bond motifs is 1. The van der Waals surface area contributed by atoms with Crippen molar-refractivity contribution in [3.63, 3.8) is 0 Å². The molecule has 0 spiro atoms. The zero-order chi connectivity index (χ0) is 25.8. The van der Waals surface area contributed by atoms with Gasteiger partial charge in [0.15, 0.2) is 17.3 Å². The number of hydrogen-bond donors (Lipinski definition) is 1. The van der Waals surface area contributed by atoms with Crippen LogP contribution in [0.2, 0.25) is 0 Å². The van der Waals surface area contributed by atoms with Gasteiger partial charge in [-0.25, -0.2) is 4.98 Å². The van der Waals surface area contributed by atoms with E-state index in [0.29, 0.717) is 41.3 Å². The fourth-order valence-corrected chi connectivity index (χ4v) is 4.08. The maximum atomic E-state index is 13.6. The Labute approximate surface area is 210 Å². The number of aromatic hydroxyl groups is 1. The third-order valence-electron chi connectivity index (χ3n) is 5.88. The van der Waals surface area contributed by atoms with E-state index in [1.54, 1.807) is 30.5 Å². The van der Waals surface area contributed by atoms with Crippen molar-refractivity contribution in [3.8, 4) is 28.6 Å². The highest BCUT2D eigenvalue weighted by Crippen LogP contribution is 2.34. The number of aromatic nitrogens is 2. The van der Waals surface area contributed by atoms with Crippen LogP contribution in [-0.2, 0) is 0 Å². The second-order valence-electron chi connectivity index (χ2n) is 8.77. The van der Waals surface area contributed by atoms with Gasteiger partial charge in [-0.05, 0) is 85.8 Å². The molecular weight excluding hydrogens is 454 g/mol. The van der Waals surface area contributed by atoms with E-state index in [4.69, 9.17) is 14.5 Å². The van der Waals surface area contributed by atoms with Gasteiger partial charge in [0.05, 0.1) is 30.3 Å². The van der Waals surface area contributed by atoms with Crippen LogP contribution in [0.1, 0.15) is 50.3 Å². The smallest absolute Gasteiger partial charge is 0.282 e. The molecule has 1 heterocycles. The predicted octanol–water partition coefficient (Wildman–Crippen LogP) is 5.88. The van der Waals surface area contributed by atoms with E-state index in [2.05, 4.69) is 18.9 Å².